The molecule has 6 heteroatoms. The van der Waals surface area contributed by atoms with Gasteiger partial charge in [-0.3, -0.25) is 14.4 Å². The molecule has 6 nitrogen and oxygen atoms in total. The Labute approximate surface area is 162 Å². The molecular weight excluding hydrogens is 360 g/mol. The maximum absolute atomic E-state index is 12.3. The number of ketones is 1. The Kier molecular flexibility index (Phi) is 5.89. The van der Waals surface area contributed by atoms with Gasteiger partial charge in [0.05, 0.1) is 18.4 Å². The highest BCUT2D eigenvalue weighted by atomic mass is 16.6. The Morgan fingerprint density at radius 2 is 1.82 bits per heavy atom. The summed E-state index contributed by atoms with van der Waals surface area (Å²) in [4.78, 5) is 34.2. The van der Waals surface area contributed by atoms with Crippen LogP contribution >= 0.6 is 0 Å². The fourth-order valence-electron chi connectivity index (χ4n) is 3.23. The summed E-state index contributed by atoms with van der Waals surface area (Å²) in [5.74, 6) is -1.42. The third-order valence-electron chi connectivity index (χ3n) is 4.52. The monoisotopic (exact) mass is 380 g/mol. The zero-order chi connectivity index (χ0) is 20.1. The normalized spacial score (nSPS) is 11.3. The van der Waals surface area contributed by atoms with Crippen LogP contribution in [0.3, 0.4) is 0 Å². The Hall–Kier alpha value is -3.41. The number of aliphatic carboxylic acids is 1. The van der Waals surface area contributed by atoms with Crippen LogP contribution in [0.2, 0.25) is 0 Å². The fraction of sp³-hybridized carbons (Fsp3) is 0.227. The van der Waals surface area contributed by atoms with Crippen molar-refractivity contribution in [3.8, 4) is 16.9 Å². The number of rotatable bonds is 9. The van der Waals surface area contributed by atoms with E-state index in [-0.39, 0.29) is 31.8 Å². The summed E-state index contributed by atoms with van der Waals surface area (Å²) in [6.45, 7) is 3.57. The van der Waals surface area contributed by atoms with Gasteiger partial charge in [0.15, 0.2) is 5.78 Å². The summed E-state index contributed by atoms with van der Waals surface area (Å²) in [5.41, 5.74) is 4.63. The van der Waals surface area contributed by atoms with E-state index in [2.05, 4.69) is 6.58 Å². The van der Waals surface area contributed by atoms with Crippen LogP contribution in [0.25, 0.3) is 11.1 Å². The first kappa shape index (κ1) is 19.4. The number of carboxylic acids is 1. The lowest BCUT2D eigenvalue weighted by Gasteiger charge is -2.15. The SMILES string of the molecule is C=CC(=O)c1ccc2c(c1OCCOC(=O)CCC(=O)O)Cc1ccccc1-2. The lowest BCUT2D eigenvalue weighted by molar-refractivity contribution is -0.148. The van der Waals surface area contributed by atoms with Crippen molar-refractivity contribution in [2.24, 2.45) is 0 Å². The maximum Gasteiger partial charge on any atom is 0.306 e. The van der Waals surface area contributed by atoms with Crippen LogP contribution in [0.15, 0.2) is 49.1 Å². The van der Waals surface area contributed by atoms with E-state index in [1.165, 1.54) is 6.08 Å². The van der Waals surface area contributed by atoms with Crippen LogP contribution in [-0.2, 0) is 20.7 Å². The van der Waals surface area contributed by atoms with Crippen LogP contribution in [-0.4, -0.2) is 36.0 Å². The number of benzene rings is 2. The van der Waals surface area contributed by atoms with Crippen molar-refractivity contribution in [3.63, 3.8) is 0 Å². The van der Waals surface area contributed by atoms with Gasteiger partial charge in [-0.2, -0.15) is 0 Å². The molecule has 0 spiro atoms. The quantitative estimate of drug-likeness (QED) is 0.265. The first-order valence-electron chi connectivity index (χ1n) is 8.92. The van der Waals surface area contributed by atoms with E-state index >= 15 is 0 Å². The molecular formula is C22H20O6. The molecule has 1 N–H and O–H groups in total. The standard InChI is InChI=1S/C22H20O6/c1-2-19(23)17-8-7-16-15-6-4-3-5-14(15)13-18(16)22(17)28-12-11-27-21(26)10-9-20(24)25/h2-8H,1,9-13H2,(H,24,25). The van der Waals surface area contributed by atoms with E-state index in [4.69, 9.17) is 14.6 Å². The molecule has 2 aromatic rings. The summed E-state index contributed by atoms with van der Waals surface area (Å²) >= 11 is 0. The largest absolute Gasteiger partial charge is 0.489 e. The second kappa shape index (κ2) is 8.52. The first-order valence-corrected chi connectivity index (χ1v) is 8.92. The highest BCUT2D eigenvalue weighted by Crippen LogP contribution is 2.42. The molecule has 1 aliphatic carbocycles. The molecule has 0 atom stereocenters. The van der Waals surface area contributed by atoms with E-state index < -0.39 is 11.9 Å². The Morgan fingerprint density at radius 1 is 1.04 bits per heavy atom. The number of allylic oxidation sites excluding steroid dienone is 1. The molecule has 28 heavy (non-hydrogen) atoms. The van der Waals surface area contributed by atoms with Gasteiger partial charge in [-0.25, -0.2) is 0 Å². The van der Waals surface area contributed by atoms with Crippen molar-refractivity contribution in [3.05, 3.63) is 65.7 Å². The molecule has 3 rings (SSSR count). The Bertz CT molecular complexity index is 944. The molecule has 0 heterocycles. The third kappa shape index (κ3) is 4.11. The molecule has 1 aliphatic rings. The number of hydrogen-bond acceptors (Lipinski definition) is 5. The molecule has 0 aliphatic heterocycles. The molecule has 0 fully saturated rings. The van der Waals surface area contributed by atoms with E-state index in [1.807, 2.05) is 30.3 Å². The van der Waals surface area contributed by atoms with Crippen molar-refractivity contribution in [2.75, 3.05) is 13.2 Å². The number of ether oxygens (including phenoxy) is 2. The third-order valence-corrected chi connectivity index (χ3v) is 4.52. The molecule has 0 saturated heterocycles. The smallest absolute Gasteiger partial charge is 0.306 e. The van der Waals surface area contributed by atoms with Crippen molar-refractivity contribution in [1.29, 1.82) is 0 Å². The van der Waals surface area contributed by atoms with Gasteiger partial charge in [-0.15, -0.1) is 0 Å². The topological polar surface area (TPSA) is 89.9 Å². The molecule has 144 valence electrons. The van der Waals surface area contributed by atoms with Gasteiger partial charge in [0.1, 0.15) is 19.0 Å². The summed E-state index contributed by atoms with van der Waals surface area (Å²) in [7, 11) is 0. The summed E-state index contributed by atoms with van der Waals surface area (Å²) < 4.78 is 10.8. The lowest BCUT2D eigenvalue weighted by Crippen LogP contribution is -2.15. The molecule has 0 unspecified atom stereocenters. The maximum atomic E-state index is 12.3. The average Bonchev–Trinajstić information content (AvgIpc) is 3.08. The van der Waals surface area contributed by atoms with Gasteiger partial charge >= 0.3 is 11.9 Å². The van der Waals surface area contributed by atoms with Crippen molar-refractivity contribution in [2.45, 2.75) is 19.3 Å². The molecule has 0 aromatic heterocycles. The second-order valence-corrected chi connectivity index (χ2v) is 6.33. The number of hydrogen-bond donors (Lipinski definition) is 1. The Balaban J connectivity index is 1.74. The van der Waals surface area contributed by atoms with Crippen LogP contribution in [0.1, 0.15) is 34.3 Å². The van der Waals surface area contributed by atoms with Crippen LogP contribution < -0.4 is 4.74 Å². The first-order chi connectivity index (χ1) is 13.5. The van der Waals surface area contributed by atoms with Gasteiger partial charge < -0.3 is 14.6 Å². The predicted molar refractivity (Wildman–Crippen MR) is 103 cm³/mol. The van der Waals surface area contributed by atoms with E-state index in [1.54, 1.807) is 6.07 Å². The minimum absolute atomic E-state index is 0.0310. The zero-order valence-corrected chi connectivity index (χ0v) is 15.3. The minimum Gasteiger partial charge on any atom is -0.489 e. The van der Waals surface area contributed by atoms with E-state index in [0.717, 1.165) is 22.3 Å². The number of carbonyl (C=O) groups excluding carboxylic acids is 2. The van der Waals surface area contributed by atoms with Gasteiger partial charge in [-0.1, -0.05) is 36.9 Å². The number of carboxylic acid groups (broad SMARTS) is 1. The van der Waals surface area contributed by atoms with Crippen molar-refractivity contribution >= 4 is 17.7 Å². The van der Waals surface area contributed by atoms with E-state index in [9.17, 15) is 14.4 Å². The summed E-state index contributed by atoms with van der Waals surface area (Å²) in [6, 6.07) is 11.6. The predicted octanol–water partition coefficient (Wildman–Crippen LogP) is 3.41. The number of esters is 1. The highest BCUT2D eigenvalue weighted by molar-refractivity contribution is 6.07. The van der Waals surface area contributed by atoms with E-state index in [0.29, 0.717) is 17.7 Å². The average molecular weight is 380 g/mol. The highest BCUT2D eigenvalue weighted by Gasteiger charge is 2.25. The van der Waals surface area contributed by atoms with Gasteiger partial charge in [-0.05, 0) is 28.8 Å². The summed E-state index contributed by atoms with van der Waals surface area (Å²) in [6.07, 6.45) is 1.42. The van der Waals surface area contributed by atoms with Crippen molar-refractivity contribution in [1.82, 2.24) is 0 Å². The van der Waals surface area contributed by atoms with Gasteiger partial charge in [0.25, 0.3) is 0 Å². The van der Waals surface area contributed by atoms with Crippen LogP contribution in [0, 0.1) is 0 Å². The van der Waals surface area contributed by atoms with Crippen LogP contribution in [0.5, 0.6) is 5.75 Å². The van der Waals surface area contributed by atoms with Gasteiger partial charge in [0.2, 0.25) is 0 Å². The Morgan fingerprint density at radius 3 is 2.57 bits per heavy atom. The van der Waals surface area contributed by atoms with Crippen molar-refractivity contribution < 1.29 is 29.0 Å². The lowest BCUT2D eigenvalue weighted by atomic mass is 9.99. The fourth-order valence-corrected chi connectivity index (χ4v) is 3.23. The molecule has 0 bridgehead atoms. The van der Waals surface area contributed by atoms with Gasteiger partial charge in [0, 0.05) is 12.0 Å². The van der Waals surface area contributed by atoms with Crippen LogP contribution in [0.4, 0.5) is 0 Å². The molecule has 0 saturated carbocycles. The second-order valence-electron chi connectivity index (χ2n) is 6.33. The molecule has 2 aromatic carbocycles. The molecule has 0 amide bonds. The zero-order valence-electron chi connectivity index (χ0n) is 15.3. The number of carbonyl (C=O) groups is 3. The number of fused-ring (bicyclic) bond motifs is 3. The molecule has 0 radical (unpaired) electrons. The summed E-state index contributed by atoms with van der Waals surface area (Å²) in [5, 5.41) is 8.58. The minimum atomic E-state index is -1.06.